The second kappa shape index (κ2) is 3.99. The third-order valence-electron chi connectivity index (χ3n) is 2.09. The fourth-order valence-electron chi connectivity index (χ4n) is 1.35. The van der Waals surface area contributed by atoms with Gasteiger partial charge < -0.3 is 5.73 Å². The number of benzene rings is 1. The molecule has 0 saturated carbocycles. The van der Waals surface area contributed by atoms with Crippen molar-refractivity contribution in [3.8, 4) is 10.4 Å². The van der Waals surface area contributed by atoms with Gasteiger partial charge in [-0.25, -0.2) is 9.37 Å². The Balaban J connectivity index is 2.57. The third kappa shape index (κ3) is 2.23. The lowest BCUT2D eigenvalue weighted by atomic mass is 10.1. The second-order valence-corrected chi connectivity index (χ2v) is 4.29. The Hall–Kier alpha value is -1.63. The molecule has 0 spiro atoms. The van der Waals surface area contributed by atoms with Crippen LogP contribution in [0, 0.1) is 5.82 Å². The van der Waals surface area contributed by atoms with E-state index in [9.17, 15) is 17.6 Å². The van der Waals surface area contributed by atoms with E-state index in [0.717, 1.165) is 17.4 Å². The summed E-state index contributed by atoms with van der Waals surface area (Å²) in [4.78, 5) is 3.94. The number of thiazole rings is 1. The van der Waals surface area contributed by atoms with Gasteiger partial charge in [0.2, 0.25) is 0 Å². The lowest BCUT2D eigenvalue weighted by Crippen LogP contribution is -2.08. The molecular formula is C10H6F4N2S. The van der Waals surface area contributed by atoms with Crippen LogP contribution in [-0.2, 0) is 6.18 Å². The molecule has 17 heavy (non-hydrogen) atoms. The summed E-state index contributed by atoms with van der Waals surface area (Å²) in [5, 5.41) is 0.178. The molecule has 0 aliphatic rings. The van der Waals surface area contributed by atoms with Gasteiger partial charge in [-0.15, -0.1) is 0 Å². The standard InChI is InChI=1S/C10H6F4N2S/c11-8-5(7-4-16-9(15)17-7)2-1-3-6(8)10(12,13)14/h1-4H,(H2,15,16). The van der Waals surface area contributed by atoms with Crippen molar-refractivity contribution < 1.29 is 17.6 Å². The van der Waals surface area contributed by atoms with Crippen LogP contribution in [0.2, 0.25) is 0 Å². The highest BCUT2D eigenvalue weighted by molar-refractivity contribution is 7.18. The number of nitrogens with two attached hydrogens (primary N) is 1. The van der Waals surface area contributed by atoms with Gasteiger partial charge in [-0.3, -0.25) is 0 Å². The molecule has 0 aliphatic carbocycles. The fraction of sp³-hybridized carbons (Fsp3) is 0.100. The highest BCUT2D eigenvalue weighted by Gasteiger charge is 2.35. The molecule has 2 rings (SSSR count). The summed E-state index contributed by atoms with van der Waals surface area (Å²) in [7, 11) is 0. The summed E-state index contributed by atoms with van der Waals surface area (Å²) in [5.74, 6) is -1.30. The molecule has 1 aromatic carbocycles. The van der Waals surface area contributed by atoms with Crippen molar-refractivity contribution in [1.29, 1.82) is 0 Å². The summed E-state index contributed by atoms with van der Waals surface area (Å²) in [6, 6.07) is 3.11. The third-order valence-corrected chi connectivity index (χ3v) is 2.95. The van der Waals surface area contributed by atoms with Crippen molar-refractivity contribution in [3.05, 3.63) is 35.8 Å². The fourth-order valence-corrected chi connectivity index (χ4v) is 2.06. The van der Waals surface area contributed by atoms with E-state index in [0.29, 0.717) is 6.07 Å². The molecule has 90 valence electrons. The number of nitrogen functional groups attached to an aromatic ring is 1. The van der Waals surface area contributed by atoms with E-state index in [2.05, 4.69) is 4.98 Å². The summed E-state index contributed by atoms with van der Waals surface area (Å²) in [5.41, 5.74) is 3.92. The number of alkyl halides is 3. The van der Waals surface area contributed by atoms with Gasteiger partial charge in [0.25, 0.3) is 0 Å². The Bertz CT molecular complexity index is 547. The first-order chi connectivity index (χ1) is 7.89. The molecule has 1 aromatic heterocycles. The second-order valence-electron chi connectivity index (χ2n) is 3.23. The molecular weight excluding hydrogens is 256 g/mol. The van der Waals surface area contributed by atoms with Crippen LogP contribution < -0.4 is 5.73 Å². The van der Waals surface area contributed by atoms with E-state index in [1.54, 1.807) is 0 Å². The first-order valence-corrected chi connectivity index (χ1v) is 5.28. The molecule has 2 N–H and O–H groups in total. The molecule has 0 fully saturated rings. The normalized spacial score (nSPS) is 11.8. The predicted octanol–water partition coefficient (Wildman–Crippen LogP) is 3.55. The van der Waals surface area contributed by atoms with E-state index in [4.69, 9.17) is 5.73 Å². The average molecular weight is 262 g/mol. The first-order valence-electron chi connectivity index (χ1n) is 4.47. The van der Waals surface area contributed by atoms with Crippen LogP contribution in [0.5, 0.6) is 0 Å². The molecule has 0 atom stereocenters. The quantitative estimate of drug-likeness (QED) is 0.798. The molecule has 2 nitrogen and oxygen atoms in total. The van der Waals surface area contributed by atoms with Crippen LogP contribution in [-0.4, -0.2) is 4.98 Å². The van der Waals surface area contributed by atoms with E-state index in [1.807, 2.05) is 0 Å². The lowest BCUT2D eigenvalue weighted by Gasteiger charge is -2.09. The zero-order valence-electron chi connectivity index (χ0n) is 8.25. The minimum Gasteiger partial charge on any atom is -0.375 e. The molecule has 7 heteroatoms. The van der Waals surface area contributed by atoms with Crippen molar-refractivity contribution in [1.82, 2.24) is 4.98 Å². The molecule has 0 aliphatic heterocycles. The van der Waals surface area contributed by atoms with Crippen molar-refractivity contribution in [3.63, 3.8) is 0 Å². The Labute approximate surface area is 97.7 Å². The van der Waals surface area contributed by atoms with Gasteiger partial charge in [0, 0.05) is 11.8 Å². The maximum Gasteiger partial charge on any atom is 0.419 e. The maximum atomic E-state index is 13.7. The minimum absolute atomic E-state index is 0.144. The molecule has 0 radical (unpaired) electrons. The Morgan fingerprint density at radius 1 is 1.24 bits per heavy atom. The molecule has 0 saturated heterocycles. The van der Waals surface area contributed by atoms with Crippen LogP contribution in [0.3, 0.4) is 0 Å². The van der Waals surface area contributed by atoms with Gasteiger partial charge in [0.05, 0.1) is 10.4 Å². The summed E-state index contributed by atoms with van der Waals surface area (Å²) in [6.45, 7) is 0. The van der Waals surface area contributed by atoms with Crippen LogP contribution >= 0.6 is 11.3 Å². The van der Waals surface area contributed by atoms with Gasteiger partial charge in [-0.1, -0.05) is 23.5 Å². The molecule has 1 heterocycles. The number of hydrogen-bond donors (Lipinski definition) is 1. The Morgan fingerprint density at radius 3 is 2.47 bits per heavy atom. The maximum absolute atomic E-state index is 13.7. The van der Waals surface area contributed by atoms with E-state index in [-0.39, 0.29) is 15.6 Å². The predicted molar refractivity (Wildman–Crippen MR) is 56.9 cm³/mol. The molecule has 2 aromatic rings. The van der Waals surface area contributed by atoms with Gasteiger partial charge in [-0.05, 0) is 6.07 Å². The number of rotatable bonds is 1. The van der Waals surface area contributed by atoms with Gasteiger partial charge in [-0.2, -0.15) is 13.2 Å². The SMILES string of the molecule is Nc1ncc(-c2cccc(C(F)(F)F)c2F)s1. The average Bonchev–Trinajstić information content (AvgIpc) is 2.63. The Morgan fingerprint density at radius 2 is 1.94 bits per heavy atom. The highest BCUT2D eigenvalue weighted by Crippen LogP contribution is 2.37. The van der Waals surface area contributed by atoms with Crippen molar-refractivity contribution in [2.24, 2.45) is 0 Å². The monoisotopic (exact) mass is 262 g/mol. The van der Waals surface area contributed by atoms with E-state index >= 15 is 0 Å². The molecule has 0 unspecified atom stereocenters. The number of hydrogen-bond acceptors (Lipinski definition) is 3. The van der Waals surface area contributed by atoms with Gasteiger partial charge >= 0.3 is 6.18 Å². The van der Waals surface area contributed by atoms with Gasteiger partial charge in [0.1, 0.15) is 5.82 Å². The summed E-state index contributed by atoms with van der Waals surface area (Å²) < 4.78 is 51.1. The van der Waals surface area contributed by atoms with Crippen LogP contribution in [0.15, 0.2) is 24.4 Å². The van der Waals surface area contributed by atoms with Crippen LogP contribution in [0.1, 0.15) is 5.56 Å². The van der Waals surface area contributed by atoms with Gasteiger partial charge in [0.15, 0.2) is 5.13 Å². The number of halogens is 4. The molecule has 0 amide bonds. The van der Waals surface area contributed by atoms with Crippen LogP contribution in [0.25, 0.3) is 10.4 Å². The minimum atomic E-state index is -4.71. The van der Waals surface area contributed by atoms with Crippen LogP contribution in [0.4, 0.5) is 22.7 Å². The smallest absolute Gasteiger partial charge is 0.375 e. The van der Waals surface area contributed by atoms with Crippen molar-refractivity contribution >= 4 is 16.5 Å². The number of aromatic nitrogens is 1. The van der Waals surface area contributed by atoms with Crippen molar-refractivity contribution in [2.45, 2.75) is 6.18 Å². The lowest BCUT2D eigenvalue weighted by molar-refractivity contribution is -0.139. The number of anilines is 1. The largest absolute Gasteiger partial charge is 0.419 e. The van der Waals surface area contributed by atoms with E-state index in [1.165, 1.54) is 12.3 Å². The topological polar surface area (TPSA) is 38.9 Å². The summed E-state index contributed by atoms with van der Waals surface area (Å²) in [6.07, 6.45) is -3.46. The number of nitrogens with zero attached hydrogens (tertiary/aromatic N) is 1. The zero-order chi connectivity index (χ0) is 12.6. The van der Waals surface area contributed by atoms with E-state index < -0.39 is 17.6 Å². The highest BCUT2D eigenvalue weighted by atomic mass is 32.1. The Kier molecular flexibility index (Phi) is 2.78. The first kappa shape index (κ1) is 11.8. The molecule has 0 bridgehead atoms. The van der Waals surface area contributed by atoms with Crippen molar-refractivity contribution in [2.75, 3.05) is 5.73 Å². The zero-order valence-corrected chi connectivity index (χ0v) is 9.07. The summed E-state index contributed by atoms with van der Waals surface area (Å²) >= 11 is 0.934.